The fourth-order valence-corrected chi connectivity index (χ4v) is 1.55. The van der Waals surface area contributed by atoms with Crippen LogP contribution in [0, 0.1) is 0 Å². The number of methoxy groups -OCH3 is 2. The fourth-order valence-electron chi connectivity index (χ4n) is 1.55. The van der Waals surface area contributed by atoms with Crippen molar-refractivity contribution in [3.63, 3.8) is 0 Å². The van der Waals surface area contributed by atoms with Gasteiger partial charge >= 0.3 is 0 Å². The zero-order chi connectivity index (χ0) is 13.2. The Labute approximate surface area is 107 Å². The third-order valence-electron chi connectivity index (χ3n) is 2.46. The molecule has 1 rings (SSSR count). The highest BCUT2D eigenvalue weighted by molar-refractivity contribution is 5.62. The fraction of sp³-hybridized carbons (Fsp3) is 0.636. The van der Waals surface area contributed by atoms with Crippen molar-refractivity contribution in [2.75, 3.05) is 38.1 Å². The van der Waals surface area contributed by atoms with Gasteiger partial charge in [-0.3, -0.25) is 0 Å². The molecule has 102 valence electrons. The van der Waals surface area contributed by atoms with Crippen molar-refractivity contribution in [3.8, 4) is 5.75 Å². The molecule has 0 aliphatic carbocycles. The van der Waals surface area contributed by atoms with Crippen LogP contribution in [0.3, 0.4) is 0 Å². The van der Waals surface area contributed by atoms with Crippen LogP contribution in [0.5, 0.6) is 5.75 Å². The first-order chi connectivity index (χ1) is 8.83. The Kier molecular flexibility index (Phi) is 6.82. The summed E-state index contributed by atoms with van der Waals surface area (Å²) >= 11 is 0. The number of unbranched alkanes of at least 4 members (excludes halogenated alkanes) is 2. The molecule has 1 aromatic heterocycles. The Morgan fingerprint density at radius 2 is 1.94 bits per heavy atom. The molecule has 0 saturated heterocycles. The summed E-state index contributed by atoms with van der Waals surface area (Å²) in [6.07, 6.45) is 4.65. The van der Waals surface area contributed by atoms with Gasteiger partial charge in [-0.1, -0.05) is 0 Å². The molecule has 0 fully saturated rings. The SMILES string of the molecule is COCCCCCNc1ncnc(NN)c1OC. The van der Waals surface area contributed by atoms with Crippen LogP contribution in [-0.4, -0.2) is 37.3 Å². The number of hydrazine groups is 1. The maximum atomic E-state index is 5.34. The van der Waals surface area contributed by atoms with E-state index < -0.39 is 0 Å². The first-order valence-electron chi connectivity index (χ1n) is 5.92. The van der Waals surface area contributed by atoms with Crippen LogP contribution >= 0.6 is 0 Å². The number of nitrogens with one attached hydrogen (secondary N) is 2. The Morgan fingerprint density at radius 3 is 2.61 bits per heavy atom. The Balaban J connectivity index is 2.41. The Hall–Kier alpha value is -1.60. The van der Waals surface area contributed by atoms with Crippen LogP contribution in [-0.2, 0) is 4.74 Å². The molecule has 0 bridgehead atoms. The summed E-state index contributed by atoms with van der Waals surface area (Å²) in [6, 6.07) is 0. The van der Waals surface area contributed by atoms with Crippen LogP contribution in [0.4, 0.5) is 11.6 Å². The monoisotopic (exact) mass is 255 g/mol. The molecule has 1 heterocycles. The van der Waals surface area contributed by atoms with Gasteiger partial charge in [0.25, 0.3) is 0 Å². The molecule has 0 atom stereocenters. The lowest BCUT2D eigenvalue weighted by Gasteiger charge is -2.12. The summed E-state index contributed by atoms with van der Waals surface area (Å²) in [5.74, 6) is 6.98. The molecule has 7 heteroatoms. The average Bonchev–Trinajstić information content (AvgIpc) is 2.42. The molecule has 1 aromatic rings. The minimum atomic E-state index is 0.467. The Morgan fingerprint density at radius 1 is 1.17 bits per heavy atom. The van der Waals surface area contributed by atoms with E-state index in [2.05, 4.69) is 20.7 Å². The summed E-state index contributed by atoms with van der Waals surface area (Å²) in [5.41, 5.74) is 2.47. The van der Waals surface area contributed by atoms with Crippen molar-refractivity contribution < 1.29 is 9.47 Å². The van der Waals surface area contributed by atoms with Crippen molar-refractivity contribution in [1.29, 1.82) is 0 Å². The summed E-state index contributed by atoms with van der Waals surface area (Å²) in [7, 11) is 3.27. The average molecular weight is 255 g/mol. The second-order valence-electron chi connectivity index (χ2n) is 3.73. The third-order valence-corrected chi connectivity index (χ3v) is 2.46. The number of aromatic nitrogens is 2. The summed E-state index contributed by atoms with van der Waals surface area (Å²) in [5, 5.41) is 3.20. The predicted molar refractivity (Wildman–Crippen MR) is 70.6 cm³/mol. The van der Waals surface area contributed by atoms with Gasteiger partial charge in [0.15, 0.2) is 11.6 Å². The number of nitrogens with zero attached hydrogens (tertiary/aromatic N) is 2. The van der Waals surface area contributed by atoms with Crippen LogP contribution in [0.2, 0.25) is 0 Å². The van der Waals surface area contributed by atoms with Gasteiger partial charge in [0.1, 0.15) is 6.33 Å². The quantitative estimate of drug-likeness (QED) is 0.344. The minimum Gasteiger partial charge on any atom is -0.490 e. The van der Waals surface area contributed by atoms with Gasteiger partial charge in [0, 0.05) is 20.3 Å². The van der Waals surface area contributed by atoms with Crippen LogP contribution in [0.1, 0.15) is 19.3 Å². The molecule has 7 nitrogen and oxygen atoms in total. The van der Waals surface area contributed by atoms with E-state index in [1.54, 1.807) is 14.2 Å². The zero-order valence-electron chi connectivity index (χ0n) is 10.9. The number of hydrogen-bond donors (Lipinski definition) is 3. The molecule has 0 aliphatic rings. The molecule has 4 N–H and O–H groups in total. The number of anilines is 2. The van der Waals surface area contributed by atoms with Crippen molar-refractivity contribution in [3.05, 3.63) is 6.33 Å². The molecule has 0 spiro atoms. The molecule has 0 amide bonds. The molecule has 0 aliphatic heterocycles. The first kappa shape index (κ1) is 14.5. The van der Waals surface area contributed by atoms with Gasteiger partial charge in [-0.25, -0.2) is 15.8 Å². The lowest BCUT2D eigenvalue weighted by Crippen LogP contribution is -2.13. The third kappa shape index (κ3) is 4.34. The van der Waals surface area contributed by atoms with Crippen LogP contribution in [0.15, 0.2) is 6.33 Å². The minimum absolute atomic E-state index is 0.467. The maximum Gasteiger partial charge on any atom is 0.205 e. The van der Waals surface area contributed by atoms with Gasteiger partial charge < -0.3 is 20.2 Å². The largest absolute Gasteiger partial charge is 0.490 e. The molecule has 0 aromatic carbocycles. The van der Waals surface area contributed by atoms with Gasteiger partial charge in [-0.2, -0.15) is 0 Å². The number of nitrogens with two attached hydrogens (primary N) is 1. The van der Waals surface area contributed by atoms with E-state index in [1.165, 1.54) is 6.33 Å². The summed E-state index contributed by atoms with van der Waals surface area (Å²) < 4.78 is 10.2. The predicted octanol–water partition coefficient (Wildman–Crippen LogP) is 0.999. The summed E-state index contributed by atoms with van der Waals surface area (Å²) in [4.78, 5) is 8.09. The highest BCUT2D eigenvalue weighted by atomic mass is 16.5. The number of ether oxygens (including phenoxy) is 2. The van der Waals surface area contributed by atoms with Crippen molar-refractivity contribution in [2.45, 2.75) is 19.3 Å². The molecule has 18 heavy (non-hydrogen) atoms. The van der Waals surface area contributed by atoms with E-state index in [0.717, 1.165) is 32.4 Å². The lowest BCUT2D eigenvalue weighted by atomic mass is 10.2. The topological polar surface area (TPSA) is 94.3 Å². The van der Waals surface area contributed by atoms with Crippen molar-refractivity contribution >= 4 is 11.6 Å². The van der Waals surface area contributed by atoms with E-state index in [-0.39, 0.29) is 0 Å². The van der Waals surface area contributed by atoms with E-state index in [9.17, 15) is 0 Å². The smallest absolute Gasteiger partial charge is 0.205 e. The number of nitrogen functional groups attached to an aromatic ring is 1. The first-order valence-corrected chi connectivity index (χ1v) is 5.92. The van der Waals surface area contributed by atoms with Gasteiger partial charge in [-0.05, 0) is 19.3 Å². The molecule has 0 unspecified atom stereocenters. The zero-order valence-corrected chi connectivity index (χ0v) is 10.9. The lowest BCUT2D eigenvalue weighted by molar-refractivity contribution is 0.192. The number of hydrogen-bond acceptors (Lipinski definition) is 7. The molecule has 0 radical (unpaired) electrons. The van der Waals surface area contributed by atoms with Crippen LogP contribution in [0.25, 0.3) is 0 Å². The molecular formula is C11H21N5O2. The van der Waals surface area contributed by atoms with E-state index in [4.69, 9.17) is 15.3 Å². The second-order valence-corrected chi connectivity index (χ2v) is 3.73. The highest BCUT2D eigenvalue weighted by Crippen LogP contribution is 2.27. The molecule has 0 saturated carbocycles. The highest BCUT2D eigenvalue weighted by Gasteiger charge is 2.10. The van der Waals surface area contributed by atoms with Gasteiger partial charge in [0.2, 0.25) is 5.75 Å². The van der Waals surface area contributed by atoms with E-state index >= 15 is 0 Å². The second kappa shape index (κ2) is 8.48. The Bertz CT molecular complexity index is 348. The standard InChI is InChI=1S/C11H21N5O2/c1-17-7-5-3-4-6-13-10-9(18-2)11(16-12)15-8-14-10/h8H,3-7,12H2,1-2H3,(H2,13,14,15,16). The van der Waals surface area contributed by atoms with Crippen LogP contribution < -0.4 is 21.3 Å². The van der Waals surface area contributed by atoms with Crippen molar-refractivity contribution in [2.24, 2.45) is 5.84 Å². The van der Waals surface area contributed by atoms with Gasteiger partial charge in [0.05, 0.1) is 7.11 Å². The van der Waals surface area contributed by atoms with Gasteiger partial charge in [-0.15, -0.1) is 0 Å². The maximum absolute atomic E-state index is 5.34. The molecular weight excluding hydrogens is 234 g/mol. The van der Waals surface area contributed by atoms with Crippen molar-refractivity contribution in [1.82, 2.24) is 9.97 Å². The van der Waals surface area contributed by atoms with E-state index in [1.807, 2.05) is 0 Å². The van der Waals surface area contributed by atoms with E-state index in [0.29, 0.717) is 17.4 Å². The number of rotatable bonds is 9. The summed E-state index contributed by atoms with van der Waals surface area (Å²) in [6.45, 7) is 1.62. The normalized spacial score (nSPS) is 10.2.